The topological polar surface area (TPSA) is 57.6 Å². The molecule has 0 aliphatic heterocycles. The molecule has 11 heavy (non-hydrogen) atoms. The van der Waals surface area contributed by atoms with E-state index in [1.165, 1.54) is 4.90 Å². The highest BCUT2D eigenvalue weighted by atomic mass is 16.4. The van der Waals surface area contributed by atoms with Crippen molar-refractivity contribution in [2.75, 3.05) is 20.1 Å². The van der Waals surface area contributed by atoms with Crippen molar-refractivity contribution in [3.63, 3.8) is 0 Å². The van der Waals surface area contributed by atoms with E-state index in [-0.39, 0.29) is 18.9 Å². The van der Waals surface area contributed by atoms with E-state index in [1.54, 1.807) is 14.0 Å². The first-order valence-electron chi connectivity index (χ1n) is 3.48. The predicted molar refractivity (Wildman–Crippen MR) is 40.4 cm³/mol. The van der Waals surface area contributed by atoms with E-state index in [4.69, 9.17) is 5.11 Å². The molecule has 4 heteroatoms. The quantitative estimate of drug-likeness (QED) is 0.612. The molecule has 0 aliphatic rings. The summed E-state index contributed by atoms with van der Waals surface area (Å²) in [5.41, 5.74) is 0. The molecule has 0 aromatic heterocycles. The first kappa shape index (κ1) is 10.1. The summed E-state index contributed by atoms with van der Waals surface area (Å²) in [5.74, 6) is -0.842. The van der Waals surface area contributed by atoms with Crippen LogP contribution in [0.4, 0.5) is 0 Å². The van der Waals surface area contributed by atoms with Crippen LogP contribution in [-0.2, 0) is 9.59 Å². The summed E-state index contributed by atoms with van der Waals surface area (Å²) in [7, 11) is 1.61. The number of carbonyl (C=O) groups excluding carboxylic acids is 1. The second kappa shape index (κ2) is 4.85. The number of Topliss-reactive ketones (excluding diaryl/α,β-unsaturated/α-hetero) is 1. The monoisotopic (exact) mass is 159 g/mol. The fraction of sp³-hybridized carbons (Fsp3) is 0.714. The molecule has 0 saturated heterocycles. The lowest BCUT2D eigenvalue weighted by atomic mass is 10.3. The normalized spacial score (nSPS) is 10.1. The molecule has 4 nitrogen and oxygen atoms in total. The summed E-state index contributed by atoms with van der Waals surface area (Å²) in [4.78, 5) is 22.4. The summed E-state index contributed by atoms with van der Waals surface area (Å²) < 4.78 is 0. The maximum Gasteiger partial charge on any atom is 0.317 e. The highest BCUT2D eigenvalue weighted by Gasteiger charge is 2.06. The number of rotatable bonds is 5. The van der Waals surface area contributed by atoms with E-state index in [9.17, 15) is 9.59 Å². The van der Waals surface area contributed by atoms with Gasteiger partial charge in [-0.1, -0.05) is 6.92 Å². The predicted octanol–water partition coefficient (Wildman–Crippen LogP) is -0.0181. The number of carbonyl (C=O) groups is 2. The molecule has 0 radical (unpaired) electrons. The number of aliphatic carboxylic acids is 1. The van der Waals surface area contributed by atoms with E-state index < -0.39 is 5.97 Å². The SMILES string of the molecule is CCC(=O)CN(C)CC(=O)O. The fourth-order valence-corrected chi connectivity index (χ4v) is 0.700. The lowest BCUT2D eigenvalue weighted by Crippen LogP contribution is -2.30. The highest BCUT2D eigenvalue weighted by Crippen LogP contribution is 1.86. The van der Waals surface area contributed by atoms with Crippen LogP contribution in [-0.4, -0.2) is 41.9 Å². The smallest absolute Gasteiger partial charge is 0.317 e. The zero-order valence-corrected chi connectivity index (χ0v) is 6.83. The van der Waals surface area contributed by atoms with Crippen LogP contribution in [0.5, 0.6) is 0 Å². The van der Waals surface area contributed by atoms with Gasteiger partial charge < -0.3 is 5.11 Å². The van der Waals surface area contributed by atoms with Crippen LogP contribution < -0.4 is 0 Å². The average Bonchev–Trinajstić information content (AvgIpc) is 1.85. The van der Waals surface area contributed by atoms with E-state index in [0.717, 1.165) is 0 Å². The zero-order chi connectivity index (χ0) is 8.85. The number of carboxylic acid groups (broad SMARTS) is 1. The first-order valence-corrected chi connectivity index (χ1v) is 3.48. The van der Waals surface area contributed by atoms with Crippen LogP contribution >= 0.6 is 0 Å². The Morgan fingerprint density at radius 1 is 1.36 bits per heavy atom. The van der Waals surface area contributed by atoms with Gasteiger partial charge in [0.2, 0.25) is 0 Å². The van der Waals surface area contributed by atoms with Crippen LogP contribution in [0.15, 0.2) is 0 Å². The van der Waals surface area contributed by atoms with E-state index in [2.05, 4.69) is 0 Å². The summed E-state index contributed by atoms with van der Waals surface area (Å²) >= 11 is 0. The summed E-state index contributed by atoms with van der Waals surface area (Å²) in [5, 5.41) is 8.32. The Bertz CT molecular complexity index is 156. The Kier molecular flexibility index (Phi) is 4.45. The maximum absolute atomic E-state index is 10.8. The van der Waals surface area contributed by atoms with Gasteiger partial charge in [-0.05, 0) is 7.05 Å². The molecule has 0 spiro atoms. The number of carboxylic acids is 1. The Morgan fingerprint density at radius 3 is 2.27 bits per heavy atom. The van der Waals surface area contributed by atoms with Crippen LogP contribution in [0.2, 0.25) is 0 Å². The van der Waals surface area contributed by atoms with Crippen LogP contribution in [0.25, 0.3) is 0 Å². The largest absolute Gasteiger partial charge is 0.480 e. The second-order valence-electron chi connectivity index (χ2n) is 2.46. The average molecular weight is 159 g/mol. The van der Waals surface area contributed by atoms with Gasteiger partial charge in [0.25, 0.3) is 0 Å². The van der Waals surface area contributed by atoms with Crippen molar-refractivity contribution in [2.24, 2.45) is 0 Å². The third kappa shape index (κ3) is 5.54. The molecular weight excluding hydrogens is 146 g/mol. The van der Waals surface area contributed by atoms with Crippen LogP contribution in [0.1, 0.15) is 13.3 Å². The summed E-state index contributed by atoms with van der Waals surface area (Å²) in [6, 6.07) is 0. The van der Waals surface area contributed by atoms with Gasteiger partial charge in [0.1, 0.15) is 5.78 Å². The van der Waals surface area contributed by atoms with Crippen molar-refractivity contribution in [2.45, 2.75) is 13.3 Å². The summed E-state index contributed by atoms with van der Waals surface area (Å²) in [6.45, 7) is 1.91. The number of ketones is 1. The second-order valence-corrected chi connectivity index (χ2v) is 2.46. The lowest BCUT2D eigenvalue weighted by molar-refractivity contribution is -0.138. The number of likely N-dealkylation sites (N-methyl/N-ethyl adjacent to an activating group) is 1. The van der Waals surface area contributed by atoms with Gasteiger partial charge in [0, 0.05) is 6.42 Å². The molecule has 0 rings (SSSR count). The van der Waals surface area contributed by atoms with Crippen LogP contribution in [0, 0.1) is 0 Å². The molecule has 0 aliphatic carbocycles. The molecular formula is C7H13NO3. The zero-order valence-electron chi connectivity index (χ0n) is 6.83. The Hall–Kier alpha value is -0.900. The Labute approximate surface area is 65.8 Å². The molecule has 0 atom stereocenters. The van der Waals surface area contributed by atoms with Gasteiger partial charge >= 0.3 is 5.97 Å². The minimum Gasteiger partial charge on any atom is -0.480 e. The lowest BCUT2D eigenvalue weighted by Gasteiger charge is -2.11. The van der Waals surface area contributed by atoms with Crippen molar-refractivity contribution >= 4 is 11.8 Å². The van der Waals surface area contributed by atoms with Crippen molar-refractivity contribution in [1.82, 2.24) is 4.90 Å². The highest BCUT2D eigenvalue weighted by molar-refractivity contribution is 5.80. The van der Waals surface area contributed by atoms with E-state index in [0.29, 0.717) is 6.42 Å². The van der Waals surface area contributed by atoms with Gasteiger partial charge in [0.05, 0.1) is 13.1 Å². The van der Waals surface area contributed by atoms with E-state index >= 15 is 0 Å². The molecule has 0 saturated carbocycles. The molecule has 0 amide bonds. The molecule has 0 aromatic rings. The van der Waals surface area contributed by atoms with Gasteiger partial charge in [-0.25, -0.2) is 0 Å². The Balaban J connectivity index is 3.60. The molecule has 1 N–H and O–H groups in total. The van der Waals surface area contributed by atoms with Crippen LogP contribution in [0.3, 0.4) is 0 Å². The number of hydrogen-bond acceptors (Lipinski definition) is 3. The van der Waals surface area contributed by atoms with Gasteiger partial charge in [-0.2, -0.15) is 0 Å². The van der Waals surface area contributed by atoms with Crippen molar-refractivity contribution in [3.8, 4) is 0 Å². The minimum absolute atomic E-state index is 0.0637. The van der Waals surface area contributed by atoms with Gasteiger partial charge in [-0.15, -0.1) is 0 Å². The summed E-state index contributed by atoms with van der Waals surface area (Å²) in [6.07, 6.45) is 0.462. The van der Waals surface area contributed by atoms with Gasteiger partial charge in [0.15, 0.2) is 0 Å². The first-order chi connectivity index (χ1) is 5.06. The third-order valence-corrected chi connectivity index (χ3v) is 1.25. The van der Waals surface area contributed by atoms with Crippen molar-refractivity contribution in [3.05, 3.63) is 0 Å². The van der Waals surface area contributed by atoms with Gasteiger partial charge in [-0.3, -0.25) is 14.5 Å². The standard InChI is InChI=1S/C7H13NO3/c1-3-6(9)4-8(2)5-7(10)11/h3-5H2,1-2H3,(H,10,11). The number of nitrogens with zero attached hydrogens (tertiary/aromatic N) is 1. The third-order valence-electron chi connectivity index (χ3n) is 1.25. The van der Waals surface area contributed by atoms with Crippen molar-refractivity contribution < 1.29 is 14.7 Å². The van der Waals surface area contributed by atoms with E-state index in [1.807, 2.05) is 0 Å². The molecule has 0 aromatic carbocycles. The van der Waals surface area contributed by atoms with Crippen molar-refractivity contribution in [1.29, 1.82) is 0 Å². The maximum atomic E-state index is 10.8. The molecule has 0 bridgehead atoms. The molecule has 0 fully saturated rings. The minimum atomic E-state index is -0.906. The Morgan fingerprint density at radius 2 is 1.91 bits per heavy atom. The number of hydrogen-bond donors (Lipinski definition) is 1. The molecule has 64 valence electrons. The molecule has 0 unspecified atom stereocenters. The molecule has 0 heterocycles. The fourth-order valence-electron chi connectivity index (χ4n) is 0.700.